The van der Waals surface area contributed by atoms with Gasteiger partial charge in [0, 0.05) is 35.0 Å². The molecule has 0 unspecified atom stereocenters. The topological polar surface area (TPSA) is 12.5 Å². The lowest BCUT2D eigenvalue weighted by Crippen LogP contribution is -2.35. The van der Waals surface area contributed by atoms with Crippen LogP contribution in [0.15, 0.2) is 22.9 Å². The highest BCUT2D eigenvalue weighted by atomic mass is 32.1. The van der Waals surface area contributed by atoms with Crippen molar-refractivity contribution in [1.82, 2.24) is 0 Å². The molecule has 0 N–H and O–H groups in total. The molecule has 1 aliphatic heterocycles. The van der Waals surface area contributed by atoms with Crippen LogP contribution < -0.4 is 4.90 Å². The van der Waals surface area contributed by atoms with E-state index in [1.807, 2.05) is 0 Å². The van der Waals surface area contributed by atoms with Crippen LogP contribution in [0.25, 0.3) is 10.4 Å². The Hall–Kier alpha value is -0.840. The van der Waals surface area contributed by atoms with Gasteiger partial charge in [0.1, 0.15) is 0 Å². The van der Waals surface area contributed by atoms with Gasteiger partial charge >= 0.3 is 0 Å². The Balaban J connectivity index is 1.82. The van der Waals surface area contributed by atoms with Crippen molar-refractivity contribution in [1.29, 1.82) is 0 Å². The van der Waals surface area contributed by atoms with E-state index in [9.17, 15) is 0 Å². The zero-order valence-corrected chi connectivity index (χ0v) is 10.4. The van der Waals surface area contributed by atoms with Gasteiger partial charge in [-0.25, -0.2) is 0 Å². The summed E-state index contributed by atoms with van der Waals surface area (Å²) in [6.07, 6.45) is 0. The predicted octanol–water partition coefficient (Wildman–Crippen LogP) is 3.11. The molecule has 3 rings (SSSR count). The molecule has 3 heterocycles. The number of hydrogen-bond acceptors (Lipinski definition) is 4. The van der Waals surface area contributed by atoms with E-state index in [0.717, 1.165) is 26.3 Å². The summed E-state index contributed by atoms with van der Waals surface area (Å²) in [4.78, 5) is 3.65. The summed E-state index contributed by atoms with van der Waals surface area (Å²) in [5.41, 5.74) is 1.22. The highest BCUT2D eigenvalue weighted by Crippen LogP contribution is 2.33. The maximum atomic E-state index is 5.35. The molecule has 1 aliphatic rings. The Morgan fingerprint density at radius 1 is 1.25 bits per heavy atom. The van der Waals surface area contributed by atoms with E-state index in [1.54, 1.807) is 22.7 Å². The van der Waals surface area contributed by atoms with Gasteiger partial charge in [-0.3, -0.25) is 0 Å². The minimum atomic E-state index is 0.833. The van der Waals surface area contributed by atoms with Crippen LogP contribution in [0, 0.1) is 6.07 Å². The fourth-order valence-corrected chi connectivity index (χ4v) is 3.45. The van der Waals surface area contributed by atoms with Crippen LogP contribution in [0.2, 0.25) is 0 Å². The average Bonchev–Trinajstić information content (AvgIpc) is 3.01. The van der Waals surface area contributed by atoms with Gasteiger partial charge in [0.05, 0.1) is 18.2 Å². The molecule has 0 atom stereocenters. The van der Waals surface area contributed by atoms with Gasteiger partial charge in [0.15, 0.2) is 0 Å². The number of thiophene rings is 2. The Bertz CT molecular complexity index is 443. The lowest BCUT2D eigenvalue weighted by Gasteiger charge is -2.26. The van der Waals surface area contributed by atoms with E-state index in [0.29, 0.717) is 0 Å². The maximum Gasteiger partial charge on any atom is 0.0998 e. The summed E-state index contributed by atoms with van der Waals surface area (Å²) in [6.45, 7) is 3.64. The molecule has 1 saturated heterocycles. The van der Waals surface area contributed by atoms with Crippen LogP contribution in [0.4, 0.5) is 5.00 Å². The van der Waals surface area contributed by atoms with Gasteiger partial charge in [0.2, 0.25) is 0 Å². The Morgan fingerprint density at radius 3 is 2.88 bits per heavy atom. The molecule has 0 amide bonds. The van der Waals surface area contributed by atoms with Crippen LogP contribution >= 0.6 is 22.7 Å². The van der Waals surface area contributed by atoms with Crippen LogP contribution in [-0.4, -0.2) is 26.3 Å². The molecule has 0 aromatic carbocycles. The van der Waals surface area contributed by atoms with Gasteiger partial charge in [-0.05, 0) is 11.4 Å². The minimum Gasteiger partial charge on any atom is -0.378 e. The molecule has 0 bridgehead atoms. The zero-order chi connectivity index (χ0) is 10.8. The quantitative estimate of drug-likeness (QED) is 0.812. The predicted molar refractivity (Wildman–Crippen MR) is 69.5 cm³/mol. The second-order valence-corrected chi connectivity index (χ2v) is 5.46. The minimum absolute atomic E-state index is 0.833. The Kier molecular flexibility index (Phi) is 2.95. The average molecular weight is 250 g/mol. The summed E-state index contributed by atoms with van der Waals surface area (Å²) >= 11 is 3.54. The number of nitrogens with zero attached hydrogens (tertiary/aromatic N) is 1. The molecule has 0 spiro atoms. The third-order valence-electron chi connectivity index (χ3n) is 2.61. The zero-order valence-electron chi connectivity index (χ0n) is 8.81. The van der Waals surface area contributed by atoms with Crippen LogP contribution in [0.5, 0.6) is 0 Å². The van der Waals surface area contributed by atoms with E-state index in [-0.39, 0.29) is 0 Å². The SMILES string of the molecule is [c]1c(-c2cccs2)csc1N1CCOCC1. The summed E-state index contributed by atoms with van der Waals surface area (Å²) in [6, 6.07) is 7.71. The second-order valence-electron chi connectivity index (χ2n) is 3.66. The van der Waals surface area contributed by atoms with Crippen LogP contribution in [0.3, 0.4) is 0 Å². The van der Waals surface area contributed by atoms with Crippen molar-refractivity contribution in [3.05, 3.63) is 29.0 Å². The molecular formula is C12H12NOS2. The van der Waals surface area contributed by atoms with E-state index >= 15 is 0 Å². The van der Waals surface area contributed by atoms with Crippen molar-refractivity contribution in [3.8, 4) is 10.4 Å². The third kappa shape index (κ3) is 2.00. The highest BCUT2D eigenvalue weighted by molar-refractivity contribution is 7.16. The monoisotopic (exact) mass is 250 g/mol. The normalized spacial score (nSPS) is 16.6. The Morgan fingerprint density at radius 2 is 2.12 bits per heavy atom. The van der Waals surface area contributed by atoms with E-state index < -0.39 is 0 Å². The first-order chi connectivity index (χ1) is 7.93. The molecule has 1 radical (unpaired) electrons. The molecule has 1 fully saturated rings. The van der Waals surface area contributed by atoms with Gasteiger partial charge in [-0.1, -0.05) is 6.07 Å². The number of hydrogen-bond donors (Lipinski definition) is 0. The number of anilines is 1. The molecule has 2 aromatic heterocycles. The first-order valence-corrected chi connectivity index (χ1v) is 7.07. The molecule has 16 heavy (non-hydrogen) atoms. The summed E-state index contributed by atoms with van der Waals surface area (Å²) in [5.74, 6) is 0. The van der Waals surface area contributed by atoms with Crippen molar-refractivity contribution < 1.29 is 4.74 Å². The van der Waals surface area contributed by atoms with Crippen molar-refractivity contribution in [2.75, 3.05) is 31.2 Å². The van der Waals surface area contributed by atoms with E-state index in [1.165, 1.54) is 15.4 Å². The van der Waals surface area contributed by atoms with E-state index in [2.05, 4.69) is 33.9 Å². The van der Waals surface area contributed by atoms with Gasteiger partial charge in [0.25, 0.3) is 0 Å². The van der Waals surface area contributed by atoms with Crippen LogP contribution in [0.1, 0.15) is 0 Å². The van der Waals surface area contributed by atoms with Crippen molar-refractivity contribution >= 4 is 27.7 Å². The Labute approximate surface area is 103 Å². The fourth-order valence-electron chi connectivity index (χ4n) is 1.76. The van der Waals surface area contributed by atoms with Crippen molar-refractivity contribution in [2.45, 2.75) is 0 Å². The summed E-state index contributed by atoms with van der Waals surface area (Å²) in [7, 11) is 0. The van der Waals surface area contributed by atoms with Gasteiger partial charge < -0.3 is 9.64 Å². The van der Waals surface area contributed by atoms with Crippen molar-refractivity contribution in [2.24, 2.45) is 0 Å². The first kappa shape index (κ1) is 10.3. The largest absolute Gasteiger partial charge is 0.378 e. The van der Waals surface area contributed by atoms with Crippen LogP contribution in [-0.2, 0) is 4.74 Å². The lowest BCUT2D eigenvalue weighted by molar-refractivity contribution is 0.123. The standard InChI is InChI=1S/C12H12NOS2/c1-2-11(15-7-1)10-8-12(16-9-10)13-3-5-14-6-4-13/h1-2,7,9H,3-6H2. The molecule has 2 nitrogen and oxygen atoms in total. The lowest BCUT2D eigenvalue weighted by atomic mass is 10.3. The molecular weight excluding hydrogens is 238 g/mol. The summed E-state index contributed by atoms with van der Waals surface area (Å²) < 4.78 is 5.35. The second kappa shape index (κ2) is 4.57. The number of morpholine rings is 1. The third-order valence-corrected chi connectivity index (χ3v) is 4.46. The smallest absolute Gasteiger partial charge is 0.0998 e. The molecule has 0 aliphatic carbocycles. The molecule has 0 saturated carbocycles. The van der Waals surface area contributed by atoms with Crippen molar-refractivity contribution in [3.63, 3.8) is 0 Å². The maximum absolute atomic E-state index is 5.35. The number of rotatable bonds is 2. The first-order valence-electron chi connectivity index (χ1n) is 5.31. The molecule has 2 aromatic rings. The van der Waals surface area contributed by atoms with Gasteiger partial charge in [-0.15, -0.1) is 22.7 Å². The fraction of sp³-hybridized carbons (Fsp3) is 0.333. The molecule has 83 valence electrons. The highest BCUT2D eigenvalue weighted by Gasteiger charge is 2.14. The van der Waals surface area contributed by atoms with Gasteiger partial charge in [-0.2, -0.15) is 0 Å². The number of ether oxygens (including phenoxy) is 1. The van der Waals surface area contributed by atoms with E-state index in [4.69, 9.17) is 4.74 Å². The molecule has 4 heteroatoms. The summed E-state index contributed by atoms with van der Waals surface area (Å²) in [5, 5.41) is 5.54.